The number of carbonyl (C=O) groups is 1. The Kier molecular flexibility index (Phi) is 3.73. The summed E-state index contributed by atoms with van der Waals surface area (Å²) in [4.78, 5) is 12.9. The third-order valence-electron chi connectivity index (χ3n) is 4.98. The highest BCUT2D eigenvalue weighted by atomic mass is 32.2. The van der Waals surface area contributed by atoms with Gasteiger partial charge in [0.15, 0.2) is 20.8 Å². The van der Waals surface area contributed by atoms with Crippen molar-refractivity contribution in [3.8, 4) is 11.5 Å². The minimum atomic E-state index is -3.86. The number of carbonyl (C=O) groups excluding carboxylic acids is 1. The molecule has 2 aliphatic heterocycles. The number of benzene rings is 2. The second-order valence-corrected chi connectivity index (χ2v) is 8.88. The summed E-state index contributed by atoms with van der Waals surface area (Å²) in [7, 11) is -2.32. The summed E-state index contributed by atoms with van der Waals surface area (Å²) in [5, 5.41) is 1.53. The van der Waals surface area contributed by atoms with E-state index in [2.05, 4.69) is 5.32 Å². The first kappa shape index (κ1) is 16.9. The number of ether oxygens (including phenoxy) is 2. The number of amides is 1. The van der Waals surface area contributed by atoms with Gasteiger partial charge in [-0.1, -0.05) is 18.2 Å². The lowest BCUT2D eigenvalue weighted by molar-refractivity contribution is -0.132. The molecule has 2 heterocycles. The monoisotopic (exact) mass is 373 g/mol. The average Bonchev–Trinajstić information content (AvgIpc) is 2.61. The zero-order valence-electron chi connectivity index (χ0n) is 14.4. The van der Waals surface area contributed by atoms with Crippen LogP contribution in [0.4, 0.5) is 0 Å². The third kappa shape index (κ3) is 2.54. The molecule has 0 saturated carbocycles. The summed E-state index contributed by atoms with van der Waals surface area (Å²) in [6.45, 7) is 1.76. The molecule has 0 aromatic heterocycles. The fourth-order valence-corrected chi connectivity index (χ4v) is 5.67. The summed E-state index contributed by atoms with van der Waals surface area (Å²) in [5.41, 5.74) is -0.243. The van der Waals surface area contributed by atoms with E-state index in [0.717, 1.165) is 0 Å². The molecule has 3 atom stereocenters. The Morgan fingerprint density at radius 2 is 1.92 bits per heavy atom. The maximum atomic E-state index is 13.2. The maximum absolute atomic E-state index is 13.2. The zero-order valence-corrected chi connectivity index (χ0v) is 15.2. The number of sulfone groups is 1. The fraction of sp³-hybridized carbons (Fsp3) is 0.316. The number of methoxy groups -OCH3 is 1. The molecule has 1 amide bonds. The van der Waals surface area contributed by atoms with E-state index < -0.39 is 32.6 Å². The van der Waals surface area contributed by atoms with Gasteiger partial charge in [-0.25, -0.2) is 8.42 Å². The standard InChI is InChI=1S/C19H19NO5S/c1-19-11-15(14-10-12(24-2)8-9-16(14)25-19)17(18(21)20-19)26(22,23)13-6-4-3-5-7-13/h3-10,15,17H,11H2,1-2H3,(H,20,21)/t15-,17-,19+/m1/s1. The van der Waals surface area contributed by atoms with E-state index in [1.807, 2.05) is 0 Å². The van der Waals surface area contributed by atoms with E-state index in [-0.39, 0.29) is 4.90 Å². The Morgan fingerprint density at radius 3 is 2.62 bits per heavy atom. The molecular formula is C19H19NO5S. The van der Waals surface area contributed by atoms with Crippen molar-refractivity contribution in [1.82, 2.24) is 5.32 Å². The van der Waals surface area contributed by atoms with Crippen LogP contribution < -0.4 is 14.8 Å². The van der Waals surface area contributed by atoms with Crippen LogP contribution in [-0.2, 0) is 14.6 Å². The van der Waals surface area contributed by atoms with Crippen molar-refractivity contribution in [2.45, 2.75) is 35.1 Å². The van der Waals surface area contributed by atoms with Gasteiger partial charge in [-0.3, -0.25) is 4.79 Å². The molecule has 6 nitrogen and oxygen atoms in total. The van der Waals surface area contributed by atoms with Crippen LogP contribution in [0.5, 0.6) is 11.5 Å². The van der Waals surface area contributed by atoms with Crippen molar-refractivity contribution in [1.29, 1.82) is 0 Å². The molecule has 136 valence electrons. The van der Waals surface area contributed by atoms with Crippen LogP contribution in [0.3, 0.4) is 0 Å². The Bertz CT molecular complexity index is 973. The molecule has 1 N–H and O–H groups in total. The first-order valence-electron chi connectivity index (χ1n) is 8.32. The lowest BCUT2D eigenvalue weighted by atomic mass is 9.81. The Hall–Kier alpha value is -2.54. The Balaban J connectivity index is 1.87. The van der Waals surface area contributed by atoms with Gasteiger partial charge in [-0.15, -0.1) is 0 Å². The molecule has 0 radical (unpaired) electrons. The highest BCUT2D eigenvalue weighted by Gasteiger charge is 2.54. The molecule has 0 aliphatic carbocycles. The van der Waals surface area contributed by atoms with Gasteiger partial charge in [0.25, 0.3) is 0 Å². The number of rotatable bonds is 3. The first-order chi connectivity index (χ1) is 12.3. The van der Waals surface area contributed by atoms with Crippen molar-refractivity contribution in [2.75, 3.05) is 7.11 Å². The van der Waals surface area contributed by atoms with E-state index in [9.17, 15) is 13.2 Å². The normalized spacial score (nSPS) is 27.1. The molecule has 2 aliphatic rings. The number of piperidine rings is 1. The van der Waals surface area contributed by atoms with E-state index in [4.69, 9.17) is 9.47 Å². The van der Waals surface area contributed by atoms with Gasteiger partial charge in [-0.2, -0.15) is 0 Å². The minimum Gasteiger partial charge on any atom is -0.497 e. The number of hydrogen-bond donors (Lipinski definition) is 1. The molecule has 4 rings (SSSR count). The van der Waals surface area contributed by atoms with Crippen LogP contribution in [0.2, 0.25) is 0 Å². The zero-order chi connectivity index (χ0) is 18.5. The molecule has 0 spiro atoms. The summed E-state index contributed by atoms with van der Waals surface area (Å²) in [5.74, 6) is 0.106. The number of fused-ring (bicyclic) bond motifs is 4. The van der Waals surface area contributed by atoms with Gasteiger partial charge in [0.05, 0.1) is 12.0 Å². The highest BCUT2D eigenvalue weighted by molar-refractivity contribution is 7.92. The van der Waals surface area contributed by atoms with Crippen molar-refractivity contribution >= 4 is 15.7 Å². The van der Waals surface area contributed by atoms with Crippen LogP contribution >= 0.6 is 0 Å². The van der Waals surface area contributed by atoms with Crippen LogP contribution in [0.15, 0.2) is 53.4 Å². The smallest absolute Gasteiger partial charge is 0.242 e. The maximum Gasteiger partial charge on any atom is 0.242 e. The van der Waals surface area contributed by atoms with Crippen molar-refractivity contribution < 1.29 is 22.7 Å². The van der Waals surface area contributed by atoms with Crippen molar-refractivity contribution in [3.63, 3.8) is 0 Å². The second-order valence-electron chi connectivity index (χ2n) is 6.82. The summed E-state index contributed by atoms with van der Waals surface area (Å²) >= 11 is 0. The van der Waals surface area contributed by atoms with E-state index >= 15 is 0 Å². The van der Waals surface area contributed by atoms with Gasteiger partial charge in [0.1, 0.15) is 11.5 Å². The molecule has 2 aromatic carbocycles. The van der Waals surface area contributed by atoms with Crippen LogP contribution in [0.1, 0.15) is 24.8 Å². The molecule has 1 saturated heterocycles. The summed E-state index contributed by atoms with van der Waals surface area (Å²) < 4.78 is 37.7. The largest absolute Gasteiger partial charge is 0.497 e. The molecule has 2 aromatic rings. The van der Waals surface area contributed by atoms with Gasteiger partial charge in [0, 0.05) is 17.9 Å². The molecule has 7 heteroatoms. The third-order valence-corrected chi connectivity index (χ3v) is 7.12. The Morgan fingerprint density at radius 1 is 1.19 bits per heavy atom. The Labute approximate surface area is 152 Å². The van der Waals surface area contributed by atoms with Crippen molar-refractivity contribution in [2.24, 2.45) is 0 Å². The summed E-state index contributed by atoms with van der Waals surface area (Å²) in [6.07, 6.45) is 0.371. The van der Waals surface area contributed by atoms with E-state index in [0.29, 0.717) is 23.5 Å². The molecule has 0 unspecified atom stereocenters. The number of hydrogen-bond acceptors (Lipinski definition) is 5. The van der Waals surface area contributed by atoms with Crippen molar-refractivity contribution in [3.05, 3.63) is 54.1 Å². The second kappa shape index (κ2) is 5.74. The lowest BCUT2D eigenvalue weighted by Crippen LogP contribution is -2.63. The fourth-order valence-electron chi connectivity index (χ4n) is 3.83. The van der Waals surface area contributed by atoms with Gasteiger partial charge in [-0.05, 0) is 37.3 Å². The quantitative estimate of drug-likeness (QED) is 0.892. The lowest BCUT2D eigenvalue weighted by Gasteiger charge is -2.46. The summed E-state index contributed by atoms with van der Waals surface area (Å²) in [6, 6.07) is 13.3. The molecule has 1 fully saturated rings. The predicted octanol–water partition coefficient (Wildman–Crippen LogP) is 2.25. The van der Waals surface area contributed by atoms with E-state index in [1.165, 1.54) is 12.1 Å². The van der Waals surface area contributed by atoms with Gasteiger partial charge < -0.3 is 14.8 Å². The highest BCUT2D eigenvalue weighted by Crippen LogP contribution is 2.48. The average molecular weight is 373 g/mol. The van der Waals surface area contributed by atoms with Gasteiger partial charge >= 0.3 is 0 Å². The van der Waals surface area contributed by atoms with Crippen LogP contribution in [0.25, 0.3) is 0 Å². The minimum absolute atomic E-state index is 0.139. The molecular weight excluding hydrogens is 354 g/mol. The topological polar surface area (TPSA) is 81.7 Å². The molecule has 26 heavy (non-hydrogen) atoms. The SMILES string of the molecule is COc1ccc2c(c1)[C@H]1C[C@@](C)(NC(=O)[C@@H]1S(=O)(=O)c1ccccc1)O2. The molecule has 2 bridgehead atoms. The van der Waals surface area contributed by atoms with Crippen LogP contribution in [-0.4, -0.2) is 32.4 Å². The van der Waals surface area contributed by atoms with E-state index in [1.54, 1.807) is 50.4 Å². The van der Waals surface area contributed by atoms with Gasteiger partial charge in [0.2, 0.25) is 5.91 Å². The predicted molar refractivity (Wildman–Crippen MR) is 94.9 cm³/mol. The van der Waals surface area contributed by atoms with Crippen LogP contribution in [0, 0.1) is 0 Å². The number of nitrogens with one attached hydrogen (secondary N) is 1. The first-order valence-corrected chi connectivity index (χ1v) is 9.87.